The van der Waals surface area contributed by atoms with Gasteiger partial charge in [0.25, 0.3) is 5.91 Å². The van der Waals surface area contributed by atoms with Crippen molar-refractivity contribution < 1.29 is 14.3 Å². The highest BCUT2D eigenvalue weighted by atomic mass is 16.5. The minimum absolute atomic E-state index is 0.0604. The summed E-state index contributed by atoms with van der Waals surface area (Å²) in [6.07, 6.45) is 1.46. The molecule has 0 aliphatic carbocycles. The van der Waals surface area contributed by atoms with Crippen molar-refractivity contribution in [2.24, 2.45) is 11.7 Å². The van der Waals surface area contributed by atoms with Gasteiger partial charge >= 0.3 is 0 Å². The van der Waals surface area contributed by atoms with Crippen LogP contribution in [-0.4, -0.2) is 41.4 Å². The molecule has 162 valence electrons. The third-order valence-electron chi connectivity index (χ3n) is 5.44. The second kappa shape index (κ2) is 9.63. The molecule has 0 spiro atoms. The molecule has 1 aliphatic heterocycles. The lowest BCUT2D eigenvalue weighted by Gasteiger charge is -2.20. The van der Waals surface area contributed by atoms with Crippen LogP contribution < -0.4 is 16.5 Å². The molecule has 31 heavy (non-hydrogen) atoms. The molecular weight excluding hydrogens is 394 g/mol. The molecule has 1 saturated heterocycles. The quantitative estimate of drug-likeness (QED) is 0.547. The van der Waals surface area contributed by atoms with E-state index in [1.165, 1.54) is 6.33 Å². The standard InChI is InChI=1S/C23H27N5O3/c24-22-21(23(25)29)26-16-28(22)27-11-19(15-30-13-17-7-3-1-4-8-17)20(12-27)31-14-18-9-5-2-6-10-18/h1-10,16,19-20H,11-15,24H2,(H2,25,29)/t19-,20?/m1/s1. The number of nitrogens with two attached hydrogens (primary N) is 2. The Bertz CT molecular complexity index is 993. The number of primary amides is 1. The van der Waals surface area contributed by atoms with Crippen LogP contribution in [0.2, 0.25) is 0 Å². The minimum Gasteiger partial charge on any atom is -0.382 e. The van der Waals surface area contributed by atoms with Crippen LogP contribution in [0.5, 0.6) is 0 Å². The number of benzene rings is 2. The number of hydrogen-bond acceptors (Lipinski definition) is 6. The summed E-state index contributed by atoms with van der Waals surface area (Å²) in [6, 6.07) is 20.1. The van der Waals surface area contributed by atoms with Gasteiger partial charge < -0.3 is 25.9 Å². The highest BCUT2D eigenvalue weighted by Gasteiger charge is 2.35. The van der Waals surface area contributed by atoms with Crippen molar-refractivity contribution in [2.45, 2.75) is 19.3 Å². The van der Waals surface area contributed by atoms with Crippen molar-refractivity contribution in [1.29, 1.82) is 0 Å². The van der Waals surface area contributed by atoms with Crippen LogP contribution in [0.1, 0.15) is 21.6 Å². The van der Waals surface area contributed by atoms with Crippen LogP contribution in [0.4, 0.5) is 5.82 Å². The topological polar surface area (TPSA) is 109 Å². The zero-order valence-electron chi connectivity index (χ0n) is 17.3. The molecule has 8 nitrogen and oxygen atoms in total. The Kier molecular flexibility index (Phi) is 6.49. The average molecular weight is 422 g/mol. The van der Waals surface area contributed by atoms with Crippen LogP contribution in [0, 0.1) is 5.92 Å². The number of imidazole rings is 1. The Morgan fingerprint density at radius 2 is 1.65 bits per heavy atom. The fraction of sp³-hybridized carbons (Fsp3) is 0.304. The van der Waals surface area contributed by atoms with Gasteiger partial charge in [-0.05, 0) is 11.1 Å². The van der Waals surface area contributed by atoms with Crippen LogP contribution >= 0.6 is 0 Å². The largest absolute Gasteiger partial charge is 0.382 e. The van der Waals surface area contributed by atoms with E-state index in [1.54, 1.807) is 4.68 Å². The second-order valence-electron chi connectivity index (χ2n) is 7.65. The first kappa shape index (κ1) is 20.9. The number of ether oxygens (including phenoxy) is 2. The van der Waals surface area contributed by atoms with Crippen molar-refractivity contribution in [2.75, 3.05) is 30.4 Å². The number of carbonyl (C=O) groups is 1. The SMILES string of the molecule is NC(=O)c1ncn(N2CC(OCc3ccccc3)[C@@H](COCc3ccccc3)C2)c1N. The van der Waals surface area contributed by atoms with Crippen LogP contribution in [-0.2, 0) is 22.7 Å². The Hall–Kier alpha value is -3.36. The molecule has 1 amide bonds. The summed E-state index contributed by atoms with van der Waals surface area (Å²) in [6.45, 7) is 2.86. The van der Waals surface area contributed by atoms with E-state index in [9.17, 15) is 4.79 Å². The van der Waals surface area contributed by atoms with E-state index in [0.29, 0.717) is 32.9 Å². The Morgan fingerprint density at radius 3 is 2.26 bits per heavy atom. The van der Waals surface area contributed by atoms with E-state index < -0.39 is 5.91 Å². The summed E-state index contributed by atoms with van der Waals surface area (Å²) in [4.78, 5) is 15.6. The predicted octanol–water partition coefficient (Wildman–Crippen LogP) is 1.93. The van der Waals surface area contributed by atoms with Crippen LogP contribution in [0.15, 0.2) is 67.0 Å². The maximum atomic E-state index is 11.5. The fourth-order valence-electron chi connectivity index (χ4n) is 3.79. The van der Waals surface area contributed by atoms with Gasteiger partial charge in [0.2, 0.25) is 0 Å². The molecule has 8 heteroatoms. The number of carbonyl (C=O) groups excluding carboxylic acids is 1. The summed E-state index contributed by atoms with van der Waals surface area (Å²) in [5, 5.41) is 2.01. The molecule has 3 aromatic rings. The predicted molar refractivity (Wildman–Crippen MR) is 118 cm³/mol. The Balaban J connectivity index is 1.43. The third-order valence-corrected chi connectivity index (χ3v) is 5.44. The zero-order valence-corrected chi connectivity index (χ0v) is 17.3. The Labute approximate surface area is 181 Å². The van der Waals surface area contributed by atoms with Crippen LogP contribution in [0.25, 0.3) is 0 Å². The zero-order chi connectivity index (χ0) is 21.6. The van der Waals surface area contributed by atoms with Crippen molar-refractivity contribution >= 4 is 11.7 Å². The summed E-state index contributed by atoms with van der Waals surface area (Å²) in [5.41, 5.74) is 13.8. The number of hydrogen-bond donors (Lipinski definition) is 2. The molecule has 1 aliphatic rings. The van der Waals surface area contributed by atoms with Gasteiger partial charge in [0.15, 0.2) is 11.5 Å². The lowest BCUT2D eigenvalue weighted by atomic mass is 10.1. The van der Waals surface area contributed by atoms with E-state index in [1.807, 2.05) is 65.7 Å². The first-order valence-corrected chi connectivity index (χ1v) is 10.3. The van der Waals surface area contributed by atoms with Gasteiger partial charge in [-0.1, -0.05) is 60.7 Å². The molecule has 1 aromatic heterocycles. The lowest BCUT2D eigenvalue weighted by molar-refractivity contribution is -0.00985. The van der Waals surface area contributed by atoms with Crippen molar-refractivity contribution in [1.82, 2.24) is 9.66 Å². The molecule has 4 N–H and O–H groups in total. The number of aromatic nitrogens is 2. The molecule has 2 aromatic carbocycles. The highest BCUT2D eigenvalue weighted by molar-refractivity contribution is 5.95. The summed E-state index contributed by atoms with van der Waals surface area (Å²) < 4.78 is 13.9. The van der Waals surface area contributed by atoms with E-state index in [4.69, 9.17) is 20.9 Å². The molecule has 0 saturated carbocycles. The number of nitrogens with zero attached hydrogens (tertiary/aromatic N) is 3. The van der Waals surface area contributed by atoms with Crippen LogP contribution in [0.3, 0.4) is 0 Å². The van der Waals surface area contributed by atoms with E-state index in [0.717, 1.165) is 11.1 Å². The summed E-state index contributed by atoms with van der Waals surface area (Å²) in [5.74, 6) is -0.276. The van der Waals surface area contributed by atoms with Crippen molar-refractivity contribution in [3.8, 4) is 0 Å². The van der Waals surface area contributed by atoms with Gasteiger partial charge in [-0.15, -0.1) is 0 Å². The van der Waals surface area contributed by atoms with Gasteiger partial charge in [-0.2, -0.15) is 0 Å². The molecule has 4 rings (SSSR count). The van der Waals surface area contributed by atoms with Gasteiger partial charge in [0, 0.05) is 12.5 Å². The summed E-state index contributed by atoms with van der Waals surface area (Å²) in [7, 11) is 0. The smallest absolute Gasteiger partial charge is 0.271 e. The van der Waals surface area contributed by atoms with Gasteiger partial charge in [-0.3, -0.25) is 4.79 Å². The van der Waals surface area contributed by atoms with Crippen molar-refractivity contribution in [3.05, 3.63) is 83.8 Å². The maximum Gasteiger partial charge on any atom is 0.271 e. The maximum absolute atomic E-state index is 11.5. The van der Waals surface area contributed by atoms with Gasteiger partial charge in [-0.25, -0.2) is 9.66 Å². The number of rotatable bonds is 9. The van der Waals surface area contributed by atoms with E-state index >= 15 is 0 Å². The number of amides is 1. The number of nitrogen functional groups attached to an aromatic ring is 1. The first-order valence-electron chi connectivity index (χ1n) is 10.3. The normalized spacial score (nSPS) is 18.4. The molecule has 1 unspecified atom stereocenters. The lowest BCUT2D eigenvalue weighted by Crippen LogP contribution is -2.34. The molecule has 0 radical (unpaired) electrons. The first-order chi connectivity index (χ1) is 15.1. The molecule has 2 heterocycles. The summed E-state index contributed by atoms with van der Waals surface area (Å²) >= 11 is 0. The molecule has 2 atom stereocenters. The molecule has 1 fully saturated rings. The Morgan fingerprint density at radius 1 is 1.00 bits per heavy atom. The van der Waals surface area contributed by atoms with Gasteiger partial charge in [0.05, 0.1) is 32.5 Å². The second-order valence-corrected chi connectivity index (χ2v) is 7.65. The average Bonchev–Trinajstić information content (AvgIpc) is 3.37. The van der Waals surface area contributed by atoms with Gasteiger partial charge in [0.1, 0.15) is 6.33 Å². The van der Waals surface area contributed by atoms with Crippen molar-refractivity contribution in [3.63, 3.8) is 0 Å². The number of anilines is 1. The fourth-order valence-corrected chi connectivity index (χ4v) is 3.79. The third kappa shape index (κ3) is 5.04. The molecule has 0 bridgehead atoms. The highest BCUT2D eigenvalue weighted by Crippen LogP contribution is 2.24. The van der Waals surface area contributed by atoms with E-state index in [-0.39, 0.29) is 23.5 Å². The molecular formula is C23H27N5O3. The monoisotopic (exact) mass is 421 g/mol. The minimum atomic E-state index is -0.643. The van der Waals surface area contributed by atoms with E-state index in [2.05, 4.69) is 4.98 Å².